The van der Waals surface area contributed by atoms with E-state index >= 15 is 0 Å². The Bertz CT molecular complexity index is 366. The van der Waals surface area contributed by atoms with Crippen molar-refractivity contribution in [1.29, 1.82) is 0 Å². The topological polar surface area (TPSA) is 81.1 Å². The Labute approximate surface area is 113 Å². The van der Waals surface area contributed by atoms with E-state index in [0.717, 1.165) is 19.3 Å². The molecular formula is C13H22N2O4. The minimum absolute atomic E-state index is 0.0214. The van der Waals surface area contributed by atoms with Crippen LogP contribution in [-0.2, 0) is 4.79 Å². The first-order chi connectivity index (χ1) is 8.89. The standard InChI is InChI=1S/C13H22N2O4/c1-13(19)6-2-7-14(9-13)12(18)15(10-3-4-10)8-5-11(16)17/h10,19H,2-9H2,1H3,(H,16,17). The molecule has 2 N–H and O–H groups in total. The van der Waals surface area contributed by atoms with Crippen LogP contribution in [0.5, 0.6) is 0 Å². The first-order valence-corrected chi connectivity index (χ1v) is 6.89. The molecule has 1 saturated heterocycles. The van der Waals surface area contributed by atoms with Crippen molar-refractivity contribution in [2.75, 3.05) is 19.6 Å². The third kappa shape index (κ3) is 3.83. The summed E-state index contributed by atoms with van der Waals surface area (Å²) in [6.45, 7) is 2.98. The van der Waals surface area contributed by atoms with Crippen LogP contribution in [-0.4, -0.2) is 63.3 Å². The summed E-state index contributed by atoms with van der Waals surface area (Å²) in [5, 5.41) is 18.8. The molecule has 108 valence electrons. The fraction of sp³-hybridized carbons (Fsp3) is 0.846. The van der Waals surface area contributed by atoms with E-state index in [1.165, 1.54) is 0 Å². The van der Waals surface area contributed by atoms with Crippen LogP contribution in [0.25, 0.3) is 0 Å². The van der Waals surface area contributed by atoms with E-state index in [-0.39, 0.29) is 25.0 Å². The Morgan fingerprint density at radius 3 is 2.63 bits per heavy atom. The van der Waals surface area contributed by atoms with E-state index in [1.54, 1.807) is 16.7 Å². The van der Waals surface area contributed by atoms with E-state index in [9.17, 15) is 14.7 Å². The second-order valence-corrected chi connectivity index (χ2v) is 5.87. The molecule has 0 aromatic rings. The maximum Gasteiger partial charge on any atom is 0.320 e. The van der Waals surface area contributed by atoms with Crippen molar-refractivity contribution in [3.63, 3.8) is 0 Å². The summed E-state index contributed by atoms with van der Waals surface area (Å²) in [7, 11) is 0. The summed E-state index contributed by atoms with van der Waals surface area (Å²) in [6.07, 6.45) is 3.38. The maximum absolute atomic E-state index is 12.4. The smallest absolute Gasteiger partial charge is 0.320 e. The van der Waals surface area contributed by atoms with Gasteiger partial charge in [0.2, 0.25) is 0 Å². The highest BCUT2D eigenvalue weighted by Crippen LogP contribution is 2.29. The molecule has 0 aromatic heterocycles. The Kier molecular flexibility index (Phi) is 3.99. The van der Waals surface area contributed by atoms with Crippen LogP contribution in [0.3, 0.4) is 0 Å². The molecule has 0 spiro atoms. The number of carboxylic acids is 1. The van der Waals surface area contributed by atoms with Crippen molar-refractivity contribution in [1.82, 2.24) is 9.80 Å². The minimum atomic E-state index is -0.885. The van der Waals surface area contributed by atoms with Gasteiger partial charge in [-0.3, -0.25) is 4.79 Å². The van der Waals surface area contributed by atoms with Gasteiger partial charge in [0.15, 0.2) is 0 Å². The molecule has 0 bridgehead atoms. The van der Waals surface area contributed by atoms with Gasteiger partial charge in [-0.25, -0.2) is 4.79 Å². The van der Waals surface area contributed by atoms with E-state index in [0.29, 0.717) is 19.5 Å². The number of aliphatic carboxylic acids is 1. The zero-order valence-electron chi connectivity index (χ0n) is 11.3. The third-order valence-electron chi connectivity index (χ3n) is 3.75. The van der Waals surface area contributed by atoms with Gasteiger partial charge in [-0.05, 0) is 32.6 Å². The zero-order chi connectivity index (χ0) is 14.0. The number of aliphatic hydroxyl groups is 1. The number of piperidine rings is 1. The number of nitrogens with zero attached hydrogens (tertiary/aromatic N) is 2. The van der Waals surface area contributed by atoms with Crippen LogP contribution >= 0.6 is 0 Å². The fourth-order valence-corrected chi connectivity index (χ4v) is 2.60. The zero-order valence-corrected chi connectivity index (χ0v) is 11.3. The van der Waals surface area contributed by atoms with Gasteiger partial charge >= 0.3 is 12.0 Å². The average Bonchev–Trinajstić information content (AvgIpc) is 3.11. The monoisotopic (exact) mass is 270 g/mol. The summed E-state index contributed by atoms with van der Waals surface area (Å²) in [4.78, 5) is 26.4. The molecule has 1 aliphatic heterocycles. The number of β-amino-alcohol motifs (C(OH)–C–C–N with tert-alkyl or cyclic N) is 1. The second-order valence-electron chi connectivity index (χ2n) is 5.87. The number of hydrogen-bond donors (Lipinski definition) is 2. The molecule has 1 aliphatic carbocycles. The summed E-state index contributed by atoms with van der Waals surface area (Å²) in [5.74, 6) is -0.885. The van der Waals surface area contributed by atoms with Crippen molar-refractivity contribution in [2.24, 2.45) is 0 Å². The highest BCUT2D eigenvalue weighted by Gasteiger charge is 2.38. The molecule has 0 radical (unpaired) electrons. The second kappa shape index (κ2) is 5.36. The van der Waals surface area contributed by atoms with Crippen molar-refractivity contribution >= 4 is 12.0 Å². The van der Waals surface area contributed by atoms with Crippen LogP contribution in [0.1, 0.15) is 39.0 Å². The summed E-state index contributed by atoms with van der Waals surface area (Å²) in [6, 6.07) is 0.0717. The Morgan fingerprint density at radius 1 is 1.42 bits per heavy atom. The first-order valence-electron chi connectivity index (χ1n) is 6.89. The van der Waals surface area contributed by atoms with Gasteiger partial charge in [-0.1, -0.05) is 0 Å². The molecule has 2 rings (SSSR count). The van der Waals surface area contributed by atoms with Gasteiger partial charge in [0, 0.05) is 19.1 Å². The Morgan fingerprint density at radius 2 is 2.11 bits per heavy atom. The van der Waals surface area contributed by atoms with Gasteiger partial charge in [0.05, 0.1) is 18.6 Å². The number of urea groups is 1. The highest BCUT2D eigenvalue weighted by atomic mass is 16.4. The van der Waals surface area contributed by atoms with Crippen molar-refractivity contribution < 1.29 is 19.8 Å². The normalized spacial score (nSPS) is 27.2. The number of carbonyl (C=O) groups is 2. The number of rotatable bonds is 4. The Hall–Kier alpha value is -1.30. The highest BCUT2D eigenvalue weighted by molar-refractivity contribution is 5.76. The predicted molar refractivity (Wildman–Crippen MR) is 68.8 cm³/mol. The van der Waals surface area contributed by atoms with Crippen LogP contribution in [0, 0.1) is 0 Å². The van der Waals surface area contributed by atoms with E-state index < -0.39 is 11.6 Å². The van der Waals surface area contributed by atoms with E-state index in [1.807, 2.05) is 0 Å². The number of carboxylic acid groups (broad SMARTS) is 1. The van der Waals surface area contributed by atoms with Gasteiger partial charge in [-0.15, -0.1) is 0 Å². The van der Waals surface area contributed by atoms with Gasteiger partial charge < -0.3 is 20.0 Å². The number of hydrogen-bond acceptors (Lipinski definition) is 3. The lowest BCUT2D eigenvalue weighted by Crippen LogP contribution is -2.53. The Balaban J connectivity index is 1.96. The predicted octanol–water partition coefficient (Wildman–Crippen LogP) is 0.892. The van der Waals surface area contributed by atoms with Crippen LogP contribution < -0.4 is 0 Å². The SMILES string of the molecule is CC1(O)CCCN(C(=O)N(CCC(=O)O)C2CC2)C1. The average molecular weight is 270 g/mol. The van der Waals surface area contributed by atoms with Crippen LogP contribution in [0.15, 0.2) is 0 Å². The molecule has 6 nitrogen and oxygen atoms in total. The molecule has 6 heteroatoms. The van der Waals surface area contributed by atoms with Crippen LogP contribution in [0.2, 0.25) is 0 Å². The largest absolute Gasteiger partial charge is 0.481 e. The van der Waals surface area contributed by atoms with Crippen molar-refractivity contribution in [3.05, 3.63) is 0 Å². The lowest BCUT2D eigenvalue weighted by Gasteiger charge is -2.39. The molecule has 2 fully saturated rings. The maximum atomic E-state index is 12.4. The van der Waals surface area contributed by atoms with Gasteiger partial charge in [0.1, 0.15) is 0 Å². The number of amides is 2. The molecule has 0 aromatic carbocycles. The summed E-state index contributed by atoms with van der Waals surface area (Å²) >= 11 is 0. The van der Waals surface area contributed by atoms with E-state index in [2.05, 4.69) is 0 Å². The molecule has 1 heterocycles. The molecule has 2 amide bonds. The number of likely N-dealkylation sites (tertiary alicyclic amines) is 1. The first kappa shape index (κ1) is 14.1. The van der Waals surface area contributed by atoms with Crippen molar-refractivity contribution in [2.45, 2.75) is 50.7 Å². The molecular weight excluding hydrogens is 248 g/mol. The molecule has 1 unspecified atom stereocenters. The minimum Gasteiger partial charge on any atom is -0.481 e. The van der Waals surface area contributed by atoms with Crippen molar-refractivity contribution in [3.8, 4) is 0 Å². The molecule has 1 atom stereocenters. The molecule has 1 saturated carbocycles. The summed E-state index contributed by atoms with van der Waals surface area (Å²) in [5.41, 5.74) is -0.823. The number of carbonyl (C=O) groups excluding carboxylic acids is 1. The molecule has 19 heavy (non-hydrogen) atoms. The lowest BCUT2D eigenvalue weighted by molar-refractivity contribution is -0.137. The van der Waals surface area contributed by atoms with Gasteiger partial charge in [0.25, 0.3) is 0 Å². The third-order valence-corrected chi connectivity index (χ3v) is 3.75. The molecule has 2 aliphatic rings. The van der Waals surface area contributed by atoms with Crippen LogP contribution in [0.4, 0.5) is 4.79 Å². The fourth-order valence-electron chi connectivity index (χ4n) is 2.60. The summed E-state index contributed by atoms with van der Waals surface area (Å²) < 4.78 is 0. The van der Waals surface area contributed by atoms with Gasteiger partial charge in [-0.2, -0.15) is 0 Å². The quantitative estimate of drug-likeness (QED) is 0.795. The lowest BCUT2D eigenvalue weighted by atomic mass is 9.95. The van der Waals surface area contributed by atoms with E-state index in [4.69, 9.17) is 5.11 Å².